The molecule has 0 saturated carbocycles. The highest BCUT2D eigenvalue weighted by Crippen LogP contribution is 2.24. The van der Waals surface area contributed by atoms with E-state index in [0.29, 0.717) is 19.8 Å². The molecule has 0 spiro atoms. The molecule has 0 bridgehead atoms. The molecule has 96 valence electrons. The zero-order valence-corrected chi connectivity index (χ0v) is 12.4. The summed E-state index contributed by atoms with van der Waals surface area (Å²) in [6, 6.07) is 2.13. The van der Waals surface area contributed by atoms with Crippen molar-refractivity contribution in [3.8, 4) is 0 Å². The van der Waals surface area contributed by atoms with Crippen LogP contribution < -0.4 is 0 Å². The molecule has 2 heterocycles. The minimum Gasteiger partial charge on any atom is -0.388 e. The van der Waals surface area contributed by atoms with Crippen LogP contribution in [0.15, 0.2) is 15.9 Å². The molecule has 1 aliphatic heterocycles. The van der Waals surface area contributed by atoms with E-state index >= 15 is 0 Å². The van der Waals surface area contributed by atoms with Crippen LogP contribution in [0, 0.1) is 0 Å². The third kappa shape index (κ3) is 4.03. The maximum Gasteiger partial charge on any atom is 0.0817 e. The lowest BCUT2D eigenvalue weighted by Gasteiger charge is -2.35. The summed E-state index contributed by atoms with van der Waals surface area (Å²) in [6.45, 7) is 2.95. The molecule has 1 N–H and O–H groups in total. The van der Waals surface area contributed by atoms with Crippen LogP contribution in [0.3, 0.4) is 0 Å². The summed E-state index contributed by atoms with van der Waals surface area (Å²) >= 11 is 5.20. The molecule has 0 unspecified atom stereocenters. The van der Waals surface area contributed by atoms with Crippen LogP contribution in [0.5, 0.6) is 0 Å². The van der Waals surface area contributed by atoms with Gasteiger partial charge in [0.25, 0.3) is 0 Å². The minimum atomic E-state index is -0.568. The highest BCUT2D eigenvalue weighted by atomic mass is 79.9. The molecule has 1 aromatic heterocycles. The summed E-state index contributed by atoms with van der Waals surface area (Å²) in [5.74, 6) is 0. The first-order valence-corrected chi connectivity index (χ1v) is 7.46. The van der Waals surface area contributed by atoms with Crippen LogP contribution in [0.4, 0.5) is 0 Å². The smallest absolute Gasteiger partial charge is 0.0817 e. The van der Waals surface area contributed by atoms with Crippen LogP contribution in [-0.4, -0.2) is 42.4 Å². The molecule has 2 rings (SSSR count). The molecule has 1 aromatic rings. The molecule has 0 atom stereocenters. The van der Waals surface area contributed by atoms with Crippen molar-refractivity contribution >= 4 is 27.3 Å². The van der Waals surface area contributed by atoms with E-state index in [2.05, 4.69) is 39.3 Å². The monoisotopic (exact) mass is 319 g/mol. The van der Waals surface area contributed by atoms with E-state index in [4.69, 9.17) is 4.74 Å². The lowest BCUT2D eigenvalue weighted by Crippen LogP contribution is -2.45. The van der Waals surface area contributed by atoms with Crippen molar-refractivity contribution in [3.05, 3.63) is 20.8 Å². The number of halogens is 1. The zero-order chi connectivity index (χ0) is 12.3. The largest absolute Gasteiger partial charge is 0.388 e. The van der Waals surface area contributed by atoms with Crippen molar-refractivity contribution in [2.45, 2.75) is 25.0 Å². The van der Waals surface area contributed by atoms with Crippen molar-refractivity contribution in [1.29, 1.82) is 0 Å². The Labute approximate surface area is 115 Å². The Hall–Kier alpha value is 0.0600. The summed E-state index contributed by atoms with van der Waals surface area (Å²) in [5, 5.41) is 12.5. The Morgan fingerprint density at radius 2 is 2.24 bits per heavy atom. The normalized spacial score (nSPS) is 19.8. The number of thiophene rings is 1. The first-order valence-electron chi connectivity index (χ1n) is 5.79. The Bertz CT molecular complexity index is 363. The predicted molar refractivity (Wildman–Crippen MR) is 73.4 cm³/mol. The predicted octanol–water partition coefficient (Wildman–Crippen LogP) is 2.48. The van der Waals surface area contributed by atoms with Crippen LogP contribution >= 0.6 is 27.3 Å². The maximum absolute atomic E-state index is 10.4. The van der Waals surface area contributed by atoms with E-state index in [1.807, 2.05) is 0 Å². The molecule has 3 nitrogen and oxygen atoms in total. The van der Waals surface area contributed by atoms with E-state index in [1.165, 1.54) is 4.88 Å². The van der Waals surface area contributed by atoms with Crippen LogP contribution in [-0.2, 0) is 11.3 Å². The average molecular weight is 320 g/mol. The number of nitrogens with zero attached hydrogens (tertiary/aromatic N) is 1. The molecule has 0 aromatic carbocycles. The van der Waals surface area contributed by atoms with Gasteiger partial charge < -0.3 is 9.84 Å². The Balaban J connectivity index is 1.85. The Morgan fingerprint density at radius 3 is 2.82 bits per heavy atom. The standard InChI is InChI=1S/C12H18BrNO2S/c1-14(7-11-6-10(13)8-17-11)9-12(15)2-4-16-5-3-12/h6,8,15H,2-5,7,9H2,1H3. The fourth-order valence-electron chi connectivity index (χ4n) is 2.17. The van der Waals surface area contributed by atoms with Crippen molar-refractivity contribution < 1.29 is 9.84 Å². The van der Waals surface area contributed by atoms with Gasteiger partial charge >= 0.3 is 0 Å². The Kier molecular flexibility index (Phi) is 4.60. The zero-order valence-electron chi connectivity index (χ0n) is 9.99. The lowest BCUT2D eigenvalue weighted by atomic mass is 9.94. The van der Waals surface area contributed by atoms with Gasteiger partial charge in [-0.2, -0.15) is 0 Å². The van der Waals surface area contributed by atoms with E-state index in [-0.39, 0.29) is 0 Å². The first-order chi connectivity index (χ1) is 8.07. The van der Waals surface area contributed by atoms with Gasteiger partial charge in [-0.15, -0.1) is 11.3 Å². The summed E-state index contributed by atoms with van der Waals surface area (Å²) < 4.78 is 6.42. The van der Waals surface area contributed by atoms with Crippen molar-refractivity contribution in [3.63, 3.8) is 0 Å². The number of ether oxygens (including phenoxy) is 1. The summed E-state index contributed by atoms with van der Waals surface area (Å²) in [4.78, 5) is 3.50. The second kappa shape index (κ2) is 5.80. The molecule has 1 fully saturated rings. The average Bonchev–Trinajstić information content (AvgIpc) is 2.63. The van der Waals surface area contributed by atoms with Crippen LogP contribution in [0.2, 0.25) is 0 Å². The van der Waals surface area contributed by atoms with Gasteiger partial charge in [-0.05, 0) is 29.0 Å². The number of hydrogen-bond donors (Lipinski definition) is 1. The topological polar surface area (TPSA) is 32.7 Å². The van der Waals surface area contributed by atoms with Crippen LogP contribution in [0.1, 0.15) is 17.7 Å². The quantitative estimate of drug-likeness (QED) is 0.925. The third-order valence-corrected chi connectivity index (χ3v) is 4.72. The van der Waals surface area contributed by atoms with E-state index in [1.54, 1.807) is 11.3 Å². The van der Waals surface area contributed by atoms with E-state index in [9.17, 15) is 5.11 Å². The van der Waals surface area contributed by atoms with Gasteiger partial charge in [0.2, 0.25) is 0 Å². The first kappa shape index (κ1) is 13.5. The van der Waals surface area contributed by atoms with Gasteiger partial charge in [0.15, 0.2) is 0 Å². The lowest BCUT2D eigenvalue weighted by molar-refractivity contribution is -0.0776. The highest BCUT2D eigenvalue weighted by molar-refractivity contribution is 9.10. The number of rotatable bonds is 4. The van der Waals surface area contributed by atoms with Crippen molar-refractivity contribution in [2.24, 2.45) is 0 Å². The molecule has 0 radical (unpaired) electrons. The summed E-state index contributed by atoms with van der Waals surface area (Å²) in [6.07, 6.45) is 1.48. The van der Waals surface area contributed by atoms with Gasteiger partial charge in [0.1, 0.15) is 0 Å². The Morgan fingerprint density at radius 1 is 1.53 bits per heavy atom. The third-order valence-electron chi connectivity index (χ3n) is 3.04. The van der Waals surface area contributed by atoms with Crippen molar-refractivity contribution in [2.75, 3.05) is 26.8 Å². The maximum atomic E-state index is 10.4. The molecule has 1 aliphatic rings. The molecular weight excluding hydrogens is 302 g/mol. The van der Waals surface area contributed by atoms with Gasteiger partial charge in [0, 0.05) is 53.9 Å². The molecule has 17 heavy (non-hydrogen) atoms. The van der Waals surface area contributed by atoms with Gasteiger partial charge in [-0.3, -0.25) is 4.90 Å². The van der Waals surface area contributed by atoms with Gasteiger partial charge in [-0.1, -0.05) is 0 Å². The molecular formula is C12H18BrNO2S. The fourth-order valence-corrected chi connectivity index (χ4v) is 3.70. The molecule has 5 heteroatoms. The van der Waals surface area contributed by atoms with Gasteiger partial charge in [0.05, 0.1) is 5.60 Å². The number of hydrogen-bond acceptors (Lipinski definition) is 4. The van der Waals surface area contributed by atoms with Crippen molar-refractivity contribution in [1.82, 2.24) is 4.90 Å². The SMILES string of the molecule is CN(Cc1cc(Br)cs1)CC1(O)CCOCC1. The summed E-state index contributed by atoms with van der Waals surface area (Å²) in [5.41, 5.74) is -0.568. The molecule has 1 saturated heterocycles. The number of likely N-dealkylation sites (N-methyl/N-ethyl adjacent to an activating group) is 1. The highest BCUT2D eigenvalue weighted by Gasteiger charge is 2.30. The second-order valence-corrected chi connectivity index (χ2v) is 6.65. The van der Waals surface area contributed by atoms with E-state index < -0.39 is 5.60 Å². The van der Waals surface area contributed by atoms with Crippen LogP contribution in [0.25, 0.3) is 0 Å². The number of aliphatic hydroxyl groups is 1. The second-order valence-electron chi connectivity index (χ2n) is 4.74. The van der Waals surface area contributed by atoms with Gasteiger partial charge in [-0.25, -0.2) is 0 Å². The fraction of sp³-hybridized carbons (Fsp3) is 0.667. The van der Waals surface area contributed by atoms with E-state index in [0.717, 1.165) is 23.9 Å². The molecule has 0 amide bonds. The minimum absolute atomic E-state index is 0.568. The molecule has 0 aliphatic carbocycles. The summed E-state index contributed by atoms with van der Waals surface area (Å²) in [7, 11) is 2.06.